The van der Waals surface area contributed by atoms with Crippen molar-refractivity contribution in [3.63, 3.8) is 0 Å². The number of carbonyl (C=O) groups excluding carboxylic acids is 2. The fourth-order valence-electron chi connectivity index (χ4n) is 3.61. The van der Waals surface area contributed by atoms with Gasteiger partial charge in [0.15, 0.2) is 5.78 Å². The number of thioether (sulfide) groups is 1. The topological polar surface area (TPSA) is 62.4 Å². The van der Waals surface area contributed by atoms with Crippen LogP contribution >= 0.6 is 11.8 Å². The monoisotopic (exact) mass is 386 g/mol. The first-order valence-electron chi connectivity index (χ1n) is 9.10. The third kappa shape index (κ3) is 4.05. The lowest BCUT2D eigenvalue weighted by Crippen LogP contribution is -2.18. The predicted octanol–water partition coefficient (Wildman–Crippen LogP) is 3.82. The molecule has 1 aliphatic rings. The van der Waals surface area contributed by atoms with Crippen LogP contribution in [0, 0.1) is 6.92 Å². The van der Waals surface area contributed by atoms with Gasteiger partial charge in [0, 0.05) is 43.2 Å². The summed E-state index contributed by atoms with van der Waals surface area (Å²) in [6, 6.07) is 8.32. The highest BCUT2D eigenvalue weighted by Crippen LogP contribution is 2.35. The van der Waals surface area contributed by atoms with Crippen LogP contribution in [-0.4, -0.2) is 49.4 Å². The van der Waals surface area contributed by atoms with Crippen molar-refractivity contribution in [3.05, 3.63) is 52.3 Å². The molecule has 1 heterocycles. The molecule has 0 saturated carbocycles. The van der Waals surface area contributed by atoms with Crippen LogP contribution in [0.4, 0.5) is 5.69 Å². The number of ether oxygens (including phenoxy) is 1. The lowest BCUT2D eigenvalue weighted by atomic mass is 9.81. The van der Waals surface area contributed by atoms with E-state index in [2.05, 4.69) is 34.1 Å². The van der Waals surface area contributed by atoms with Crippen molar-refractivity contribution in [2.75, 3.05) is 37.6 Å². The first-order valence-corrected chi connectivity index (χ1v) is 10.5. The van der Waals surface area contributed by atoms with Gasteiger partial charge >= 0.3 is 5.97 Å². The van der Waals surface area contributed by atoms with Crippen LogP contribution in [0.15, 0.2) is 24.3 Å². The molecule has 5 nitrogen and oxygen atoms in total. The molecule has 3 rings (SSSR count). The molecule has 2 aromatic rings. The highest BCUT2D eigenvalue weighted by molar-refractivity contribution is 7.98. The normalized spacial score (nSPS) is 16.1. The molecule has 0 radical (unpaired) electrons. The summed E-state index contributed by atoms with van der Waals surface area (Å²) in [6.45, 7) is 2.20. The number of benzene rings is 1. The van der Waals surface area contributed by atoms with Gasteiger partial charge in [0.05, 0.1) is 0 Å². The zero-order valence-electron chi connectivity index (χ0n) is 16.3. The van der Waals surface area contributed by atoms with Crippen molar-refractivity contribution in [1.29, 1.82) is 0 Å². The van der Waals surface area contributed by atoms with Crippen molar-refractivity contribution >= 4 is 29.2 Å². The molecule has 1 aromatic carbocycles. The SMILES string of the molecule is CSCCOC(=O)c1[nH]c2c(c1C)C(=O)CC(c1ccc(N(C)C)cc1)C2. The number of esters is 1. The Morgan fingerprint density at radius 2 is 1.96 bits per heavy atom. The summed E-state index contributed by atoms with van der Waals surface area (Å²) in [5.74, 6) is 0.597. The first-order chi connectivity index (χ1) is 12.9. The minimum absolute atomic E-state index is 0.0925. The summed E-state index contributed by atoms with van der Waals surface area (Å²) in [5.41, 5.74) is 4.93. The van der Waals surface area contributed by atoms with Crippen molar-refractivity contribution in [2.45, 2.75) is 25.7 Å². The van der Waals surface area contributed by atoms with E-state index in [9.17, 15) is 9.59 Å². The van der Waals surface area contributed by atoms with Crippen molar-refractivity contribution in [2.24, 2.45) is 0 Å². The Balaban J connectivity index is 1.81. The van der Waals surface area contributed by atoms with Gasteiger partial charge in [0.1, 0.15) is 12.3 Å². The second kappa shape index (κ2) is 8.21. The Bertz CT molecular complexity index is 840. The van der Waals surface area contributed by atoms with E-state index in [1.807, 2.05) is 27.3 Å². The van der Waals surface area contributed by atoms with Gasteiger partial charge in [-0.3, -0.25) is 4.79 Å². The number of H-pyrrole nitrogens is 1. The van der Waals surface area contributed by atoms with E-state index in [1.54, 1.807) is 11.8 Å². The Morgan fingerprint density at radius 3 is 2.59 bits per heavy atom. The maximum absolute atomic E-state index is 12.8. The first kappa shape index (κ1) is 19.5. The molecule has 1 aromatic heterocycles. The number of Topliss-reactive ketones (excluding diaryl/α,β-unsaturated/α-hetero) is 1. The smallest absolute Gasteiger partial charge is 0.355 e. The van der Waals surface area contributed by atoms with Crippen molar-refractivity contribution in [1.82, 2.24) is 4.98 Å². The van der Waals surface area contributed by atoms with E-state index in [0.717, 1.165) is 29.1 Å². The molecular weight excluding hydrogens is 360 g/mol. The number of hydrogen-bond donors (Lipinski definition) is 1. The highest BCUT2D eigenvalue weighted by atomic mass is 32.2. The minimum Gasteiger partial charge on any atom is -0.460 e. The van der Waals surface area contributed by atoms with Gasteiger partial charge in [-0.25, -0.2) is 4.79 Å². The van der Waals surface area contributed by atoms with Crippen LogP contribution in [0.1, 0.15) is 50.0 Å². The van der Waals surface area contributed by atoms with Gasteiger partial charge in [-0.1, -0.05) is 12.1 Å². The van der Waals surface area contributed by atoms with Crippen LogP contribution in [0.3, 0.4) is 0 Å². The van der Waals surface area contributed by atoms with Gasteiger partial charge in [-0.05, 0) is 48.8 Å². The van der Waals surface area contributed by atoms with E-state index >= 15 is 0 Å². The molecule has 0 saturated heterocycles. The lowest BCUT2D eigenvalue weighted by molar-refractivity contribution is 0.0523. The van der Waals surface area contributed by atoms with Gasteiger partial charge in [-0.2, -0.15) is 11.8 Å². The molecule has 0 amide bonds. The molecule has 1 unspecified atom stereocenters. The van der Waals surface area contributed by atoms with Gasteiger partial charge in [-0.15, -0.1) is 0 Å². The lowest BCUT2D eigenvalue weighted by Gasteiger charge is -2.23. The standard InChI is InChI=1S/C21H26N2O3S/c1-13-19-17(22-20(13)21(25)26-9-10-27-4)11-15(12-18(19)24)14-5-7-16(8-6-14)23(2)3/h5-8,15,22H,9-12H2,1-4H3. The van der Waals surface area contributed by atoms with Gasteiger partial charge in [0.25, 0.3) is 0 Å². The highest BCUT2D eigenvalue weighted by Gasteiger charge is 2.32. The fraction of sp³-hybridized carbons (Fsp3) is 0.429. The van der Waals surface area contributed by atoms with Crippen LogP contribution in [0.25, 0.3) is 0 Å². The average molecular weight is 387 g/mol. The molecule has 0 bridgehead atoms. The number of anilines is 1. The number of aromatic nitrogens is 1. The maximum atomic E-state index is 12.8. The van der Waals surface area contributed by atoms with E-state index in [1.165, 1.54) is 0 Å². The number of rotatable bonds is 6. The van der Waals surface area contributed by atoms with Crippen LogP contribution in [0.2, 0.25) is 0 Å². The number of nitrogens with zero attached hydrogens (tertiary/aromatic N) is 1. The average Bonchev–Trinajstić information content (AvgIpc) is 2.99. The molecule has 0 spiro atoms. The second-order valence-corrected chi connectivity index (χ2v) is 8.11. The molecule has 144 valence electrons. The zero-order valence-corrected chi connectivity index (χ0v) is 17.1. The molecular formula is C21H26N2O3S. The molecule has 1 aliphatic carbocycles. The van der Waals surface area contributed by atoms with E-state index in [-0.39, 0.29) is 17.7 Å². The molecule has 1 N–H and O–H groups in total. The third-order valence-electron chi connectivity index (χ3n) is 5.09. The number of nitrogens with one attached hydrogen (secondary N) is 1. The Kier molecular flexibility index (Phi) is 5.95. The number of carbonyl (C=O) groups is 2. The van der Waals surface area contributed by atoms with E-state index in [0.29, 0.717) is 29.8 Å². The van der Waals surface area contributed by atoms with E-state index in [4.69, 9.17) is 4.74 Å². The maximum Gasteiger partial charge on any atom is 0.355 e. The molecule has 27 heavy (non-hydrogen) atoms. The quantitative estimate of drug-likeness (QED) is 0.604. The number of ketones is 1. The van der Waals surface area contributed by atoms with Crippen LogP contribution < -0.4 is 4.90 Å². The molecule has 0 fully saturated rings. The van der Waals surface area contributed by atoms with Crippen LogP contribution in [0.5, 0.6) is 0 Å². The second-order valence-electron chi connectivity index (χ2n) is 7.12. The van der Waals surface area contributed by atoms with Crippen molar-refractivity contribution in [3.8, 4) is 0 Å². The summed E-state index contributed by atoms with van der Waals surface area (Å²) in [4.78, 5) is 30.3. The largest absolute Gasteiger partial charge is 0.460 e. The fourth-order valence-corrected chi connectivity index (χ4v) is 3.86. The predicted molar refractivity (Wildman–Crippen MR) is 110 cm³/mol. The van der Waals surface area contributed by atoms with Crippen molar-refractivity contribution < 1.29 is 14.3 Å². The summed E-state index contributed by atoms with van der Waals surface area (Å²) >= 11 is 1.63. The Labute approximate surface area is 164 Å². The summed E-state index contributed by atoms with van der Waals surface area (Å²) in [7, 11) is 4.01. The summed E-state index contributed by atoms with van der Waals surface area (Å²) in [5, 5.41) is 0. The Morgan fingerprint density at radius 1 is 1.26 bits per heavy atom. The summed E-state index contributed by atoms with van der Waals surface area (Å²) in [6.07, 6.45) is 3.16. The third-order valence-corrected chi connectivity index (χ3v) is 5.67. The molecule has 1 atom stereocenters. The Hall–Kier alpha value is -2.21. The number of aromatic amines is 1. The molecule has 0 aliphatic heterocycles. The molecule has 6 heteroatoms. The number of fused-ring (bicyclic) bond motifs is 1. The van der Waals surface area contributed by atoms with Crippen LogP contribution in [-0.2, 0) is 11.2 Å². The van der Waals surface area contributed by atoms with E-state index < -0.39 is 0 Å². The minimum atomic E-state index is -0.379. The summed E-state index contributed by atoms with van der Waals surface area (Å²) < 4.78 is 5.30. The van der Waals surface area contributed by atoms with Gasteiger partial charge in [0.2, 0.25) is 0 Å². The van der Waals surface area contributed by atoms with Gasteiger partial charge < -0.3 is 14.6 Å². The zero-order chi connectivity index (χ0) is 19.6. The number of hydrogen-bond acceptors (Lipinski definition) is 5.